The van der Waals surface area contributed by atoms with Crippen LogP contribution in [-0.4, -0.2) is 47.0 Å². The number of aromatic nitrogens is 2. The van der Waals surface area contributed by atoms with Gasteiger partial charge in [-0.3, -0.25) is 9.59 Å². The monoisotopic (exact) mass is 320 g/mol. The number of aryl methyl sites for hydroxylation is 1. The number of nitrogens with one attached hydrogen (secondary N) is 1. The van der Waals surface area contributed by atoms with Gasteiger partial charge in [-0.05, 0) is 18.4 Å². The molecular formula is C14H16N4O3S. The summed E-state index contributed by atoms with van der Waals surface area (Å²) in [6.45, 7) is 2.47. The Hall–Kier alpha value is -2.22. The lowest BCUT2D eigenvalue weighted by molar-refractivity contribution is -0.124. The summed E-state index contributed by atoms with van der Waals surface area (Å²) in [4.78, 5) is 30.5. The molecule has 1 N–H and O–H groups in total. The summed E-state index contributed by atoms with van der Waals surface area (Å²) in [5, 5.41) is 10.1. The molecule has 7 nitrogen and oxygen atoms in total. The van der Waals surface area contributed by atoms with E-state index in [9.17, 15) is 9.59 Å². The summed E-state index contributed by atoms with van der Waals surface area (Å²) in [5.74, 6) is 0.0755. The third-order valence-electron chi connectivity index (χ3n) is 3.82. The van der Waals surface area contributed by atoms with Crippen molar-refractivity contribution in [3.8, 4) is 0 Å². The first-order valence-electron chi connectivity index (χ1n) is 6.93. The Labute approximate surface area is 131 Å². The molecule has 1 fully saturated rings. The SMILES string of the molecule is CNC(=O)[C@@H]1CN(C(=O)c2ccsc2)C[C@H]1c1nc(C)no1. The van der Waals surface area contributed by atoms with Crippen molar-refractivity contribution >= 4 is 23.2 Å². The van der Waals surface area contributed by atoms with Crippen molar-refractivity contribution in [2.75, 3.05) is 20.1 Å². The van der Waals surface area contributed by atoms with Crippen LogP contribution in [0.15, 0.2) is 21.3 Å². The van der Waals surface area contributed by atoms with E-state index in [4.69, 9.17) is 4.52 Å². The van der Waals surface area contributed by atoms with Crippen molar-refractivity contribution in [2.24, 2.45) is 5.92 Å². The van der Waals surface area contributed by atoms with Gasteiger partial charge in [0.2, 0.25) is 11.8 Å². The molecule has 1 saturated heterocycles. The molecule has 8 heteroatoms. The van der Waals surface area contributed by atoms with Crippen LogP contribution in [0.1, 0.15) is 28.0 Å². The van der Waals surface area contributed by atoms with Gasteiger partial charge < -0.3 is 14.7 Å². The first kappa shape index (κ1) is 14.7. The van der Waals surface area contributed by atoms with E-state index in [-0.39, 0.29) is 23.7 Å². The molecule has 2 atom stereocenters. The predicted octanol–water partition coefficient (Wildman–Crippen LogP) is 1.04. The van der Waals surface area contributed by atoms with E-state index in [1.165, 1.54) is 11.3 Å². The second-order valence-corrected chi connectivity index (χ2v) is 6.01. The van der Waals surface area contributed by atoms with Gasteiger partial charge in [0.15, 0.2) is 5.82 Å². The number of thiophene rings is 1. The van der Waals surface area contributed by atoms with Crippen molar-refractivity contribution in [3.63, 3.8) is 0 Å². The molecule has 0 radical (unpaired) electrons. The summed E-state index contributed by atoms with van der Waals surface area (Å²) >= 11 is 1.47. The zero-order valence-corrected chi connectivity index (χ0v) is 13.1. The molecule has 0 saturated carbocycles. The van der Waals surface area contributed by atoms with Crippen LogP contribution >= 0.6 is 11.3 Å². The van der Waals surface area contributed by atoms with Gasteiger partial charge >= 0.3 is 0 Å². The highest BCUT2D eigenvalue weighted by Crippen LogP contribution is 2.33. The first-order valence-corrected chi connectivity index (χ1v) is 7.87. The molecular weight excluding hydrogens is 304 g/mol. The van der Waals surface area contributed by atoms with Gasteiger partial charge in [-0.25, -0.2) is 0 Å². The Bertz CT molecular complexity index is 682. The zero-order valence-electron chi connectivity index (χ0n) is 12.3. The number of hydrogen-bond acceptors (Lipinski definition) is 6. The number of amides is 2. The van der Waals surface area contributed by atoms with Crippen molar-refractivity contribution in [1.82, 2.24) is 20.4 Å². The molecule has 22 heavy (non-hydrogen) atoms. The minimum atomic E-state index is -0.382. The van der Waals surface area contributed by atoms with Crippen LogP contribution in [0.2, 0.25) is 0 Å². The second-order valence-electron chi connectivity index (χ2n) is 5.23. The minimum absolute atomic E-state index is 0.0751. The van der Waals surface area contributed by atoms with Crippen LogP contribution < -0.4 is 5.32 Å². The quantitative estimate of drug-likeness (QED) is 0.913. The summed E-state index contributed by atoms with van der Waals surface area (Å²) in [6.07, 6.45) is 0. The maximum absolute atomic E-state index is 12.5. The molecule has 1 aliphatic rings. The highest BCUT2D eigenvalue weighted by atomic mass is 32.1. The van der Waals surface area contributed by atoms with Crippen molar-refractivity contribution in [1.29, 1.82) is 0 Å². The largest absolute Gasteiger partial charge is 0.359 e. The van der Waals surface area contributed by atoms with Gasteiger partial charge in [-0.15, -0.1) is 0 Å². The molecule has 0 bridgehead atoms. The molecule has 1 aliphatic heterocycles. The molecule has 2 aromatic rings. The molecule has 0 aromatic carbocycles. The van der Waals surface area contributed by atoms with Crippen molar-refractivity contribution in [2.45, 2.75) is 12.8 Å². The van der Waals surface area contributed by atoms with Crippen LogP contribution in [0.25, 0.3) is 0 Å². The number of carbonyl (C=O) groups excluding carboxylic acids is 2. The van der Waals surface area contributed by atoms with E-state index >= 15 is 0 Å². The van der Waals surface area contributed by atoms with E-state index < -0.39 is 0 Å². The van der Waals surface area contributed by atoms with Crippen LogP contribution in [-0.2, 0) is 4.79 Å². The van der Waals surface area contributed by atoms with Crippen molar-refractivity contribution < 1.29 is 14.1 Å². The lowest BCUT2D eigenvalue weighted by Gasteiger charge is -2.14. The lowest BCUT2D eigenvalue weighted by atomic mass is 9.95. The van der Waals surface area contributed by atoms with Crippen LogP contribution in [0.4, 0.5) is 0 Å². The fourth-order valence-corrected chi connectivity index (χ4v) is 3.33. The Morgan fingerprint density at radius 2 is 2.27 bits per heavy atom. The molecule has 0 aliphatic carbocycles. The highest BCUT2D eigenvalue weighted by Gasteiger charge is 2.43. The Kier molecular flexibility index (Phi) is 3.93. The van der Waals surface area contributed by atoms with Crippen LogP contribution in [0.3, 0.4) is 0 Å². The van der Waals surface area contributed by atoms with E-state index in [0.29, 0.717) is 30.4 Å². The van der Waals surface area contributed by atoms with E-state index in [1.807, 2.05) is 5.38 Å². The molecule has 116 valence electrons. The molecule has 0 spiro atoms. The fourth-order valence-electron chi connectivity index (χ4n) is 2.70. The van der Waals surface area contributed by atoms with E-state index in [1.54, 1.807) is 30.3 Å². The molecule has 3 rings (SSSR count). The smallest absolute Gasteiger partial charge is 0.254 e. The van der Waals surface area contributed by atoms with E-state index in [0.717, 1.165) is 0 Å². The van der Waals surface area contributed by atoms with Gasteiger partial charge in [0, 0.05) is 25.5 Å². The molecule has 0 unspecified atom stereocenters. The van der Waals surface area contributed by atoms with Gasteiger partial charge in [0.1, 0.15) is 0 Å². The zero-order chi connectivity index (χ0) is 15.7. The maximum atomic E-state index is 12.5. The summed E-state index contributed by atoms with van der Waals surface area (Å²) in [7, 11) is 1.59. The standard InChI is InChI=1S/C14H16N4O3S/c1-8-16-13(21-17-8)11-6-18(5-10(11)12(19)15-2)14(20)9-3-4-22-7-9/h3-4,7,10-11H,5-6H2,1-2H3,(H,15,19)/t10-,11-/m1/s1. The highest BCUT2D eigenvalue weighted by molar-refractivity contribution is 7.08. The molecule has 3 heterocycles. The third-order valence-corrected chi connectivity index (χ3v) is 4.50. The molecule has 2 aromatic heterocycles. The minimum Gasteiger partial charge on any atom is -0.359 e. The van der Waals surface area contributed by atoms with Gasteiger partial charge in [-0.2, -0.15) is 16.3 Å². The summed E-state index contributed by atoms with van der Waals surface area (Å²) in [5.41, 5.74) is 0.642. The summed E-state index contributed by atoms with van der Waals surface area (Å²) < 4.78 is 5.21. The first-order chi connectivity index (χ1) is 10.6. The lowest BCUT2D eigenvalue weighted by Crippen LogP contribution is -2.33. The van der Waals surface area contributed by atoms with Gasteiger partial charge in [-0.1, -0.05) is 5.16 Å². The van der Waals surface area contributed by atoms with Gasteiger partial charge in [0.25, 0.3) is 5.91 Å². The fraction of sp³-hybridized carbons (Fsp3) is 0.429. The van der Waals surface area contributed by atoms with Crippen LogP contribution in [0, 0.1) is 12.8 Å². The summed E-state index contributed by atoms with van der Waals surface area (Å²) in [6, 6.07) is 1.78. The normalized spacial score (nSPS) is 21.1. The Morgan fingerprint density at radius 3 is 2.86 bits per heavy atom. The number of carbonyl (C=O) groups is 2. The van der Waals surface area contributed by atoms with Crippen molar-refractivity contribution in [3.05, 3.63) is 34.1 Å². The number of likely N-dealkylation sites (tertiary alicyclic amines) is 1. The second kappa shape index (κ2) is 5.88. The maximum Gasteiger partial charge on any atom is 0.254 e. The third kappa shape index (κ3) is 2.61. The predicted molar refractivity (Wildman–Crippen MR) is 79.6 cm³/mol. The topological polar surface area (TPSA) is 88.3 Å². The molecule has 2 amide bonds. The Morgan fingerprint density at radius 1 is 1.45 bits per heavy atom. The number of hydrogen-bond donors (Lipinski definition) is 1. The number of rotatable bonds is 3. The van der Waals surface area contributed by atoms with E-state index in [2.05, 4.69) is 15.5 Å². The van der Waals surface area contributed by atoms with Crippen LogP contribution in [0.5, 0.6) is 0 Å². The Balaban J connectivity index is 1.85. The van der Waals surface area contributed by atoms with Gasteiger partial charge in [0.05, 0.1) is 17.4 Å². The number of nitrogens with zero attached hydrogens (tertiary/aromatic N) is 3. The average molecular weight is 320 g/mol. The average Bonchev–Trinajstić information content (AvgIpc) is 3.25.